The van der Waals surface area contributed by atoms with Crippen molar-refractivity contribution < 1.29 is 35.1 Å². The first-order valence-corrected chi connectivity index (χ1v) is 10.9. The third-order valence-electron chi connectivity index (χ3n) is 5.90. The van der Waals surface area contributed by atoms with E-state index in [4.69, 9.17) is 31.9 Å². The summed E-state index contributed by atoms with van der Waals surface area (Å²) in [5, 5.41) is 12.2. The molecule has 2 saturated heterocycles. The molecular weight excluding hydrogens is 456 g/mol. The topological polar surface area (TPSA) is 180 Å². The van der Waals surface area contributed by atoms with Crippen LogP contribution in [0.2, 0.25) is 5.02 Å². The molecule has 0 bridgehead atoms. The molecule has 0 aromatic heterocycles. The highest BCUT2D eigenvalue weighted by atomic mass is 35.5. The van der Waals surface area contributed by atoms with Crippen molar-refractivity contribution in [2.75, 3.05) is 65.3 Å². The van der Waals surface area contributed by atoms with Gasteiger partial charge in [-0.25, -0.2) is 0 Å². The molecule has 2 aliphatic rings. The molecule has 2 heterocycles. The average Bonchev–Trinajstić information content (AvgIpc) is 2.79. The molecule has 1 aromatic carbocycles. The Morgan fingerprint density at radius 3 is 2.61 bits per heavy atom. The maximum Gasteiger partial charge on any atom is 0.255 e. The van der Waals surface area contributed by atoms with E-state index in [1.165, 1.54) is 19.2 Å². The largest absolute Gasteiger partial charge is 0.496 e. The monoisotopic (exact) mass is 490 g/mol. The van der Waals surface area contributed by atoms with Gasteiger partial charge in [0, 0.05) is 45.3 Å². The Morgan fingerprint density at radius 2 is 1.97 bits per heavy atom. The molecule has 0 radical (unpaired) electrons. The van der Waals surface area contributed by atoms with Crippen molar-refractivity contribution in [3.63, 3.8) is 0 Å². The van der Waals surface area contributed by atoms with Gasteiger partial charge in [-0.05, 0) is 24.8 Å². The number of benzene rings is 1. The van der Waals surface area contributed by atoms with Crippen LogP contribution in [0.3, 0.4) is 0 Å². The van der Waals surface area contributed by atoms with Crippen LogP contribution in [0.15, 0.2) is 12.1 Å². The number of nitrogen functional groups attached to an aromatic ring is 1. The number of hydrogen-bond donors (Lipinski definition) is 3. The number of halogens is 1. The number of aliphatic hydroxyl groups excluding tert-OH is 1. The zero-order chi connectivity index (χ0) is 22.4. The number of amides is 2. The third kappa shape index (κ3) is 7.70. The van der Waals surface area contributed by atoms with Crippen molar-refractivity contribution in [1.29, 1.82) is 0 Å². The van der Waals surface area contributed by atoms with Crippen LogP contribution in [0.1, 0.15) is 23.2 Å². The lowest BCUT2D eigenvalue weighted by molar-refractivity contribution is -0.135. The van der Waals surface area contributed by atoms with Gasteiger partial charge in [-0.15, -0.1) is 0 Å². The van der Waals surface area contributed by atoms with Gasteiger partial charge in [0.25, 0.3) is 5.91 Å². The molecular formula is C21H35ClN4O7. The number of ether oxygens (including phenoxy) is 2. The van der Waals surface area contributed by atoms with Gasteiger partial charge in [-0.3, -0.25) is 14.5 Å². The Labute approximate surface area is 198 Å². The maximum absolute atomic E-state index is 12.6. The molecule has 1 atom stereocenters. The van der Waals surface area contributed by atoms with Gasteiger partial charge in [0.2, 0.25) is 5.91 Å². The first-order chi connectivity index (χ1) is 14.9. The Hall–Kier alpha value is -2.15. The highest BCUT2D eigenvalue weighted by Crippen LogP contribution is 2.28. The molecule has 0 unspecified atom stereocenters. The summed E-state index contributed by atoms with van der Waals surface area (Å²) in [6.07, 6.45) is 1.76. The number of carbonyl (C=O) groups excluding carboxylic acids is 2. The molecule has 0 aliphatic carbocycles. The summed E-state index contributed by atoms with van der Waals surface area (Å²) in [5.41, 5.74) is 6.46. The molecule has 1 aromatic rings. The number of nitrogens with zero attached hydrogens (tertiary/aromatic N) is 2. The van der Waals surface area contributed by atoms with Crippen molar-refractivity contribution in [2.24, 2.45) is 5.92 Å². The fourth-order valence-electron chi connectivity index (χ4n) is 4.12. The van der Waals surface area contributed by atoms with Crippen LogP contribution >= 0.6 is 11.6 Å². The maximum atomic E-state index is 12.6. The van der Waals surface area contributed by atoms with E-state index >= 15 is 0 Å². The van der Waals surface area contributed by atoms with Gasteiger partial charge in [-0.2, -0.15) is 0 Å². The van der Waals surface area contributed by atoms with Crippen LogP contribution < -0.4 is 15.8 Å². The molecule has 0 saturated carbocycles. The number of carbonyl (C=O) groups is 2. The second kappa shape index (κ2) is 13.5. The van der Waals surface area contributed by atoms with Crippen LogP contribution in [0.4, 0.5) is 5.69 Å². The van der Waals surface area contributed by atoms with Gasteiger partial charge in [0.1, 0.15) is 12.4 Å². The molecule has 2 amide bonds. The van der Waals surface area contributed by atoms with E-state index in [-0.39, 0.29) is 28.9 Å². The predicted octanol–water partition coefficient (Wildman–Crippen LogP) is -1.06. The summed E-state index contributed by atoms with van der Waals surface area (Å²) in [4.78, 5) is 28.3. The van der Waals surface area contributed by atoms with E-state index in [0.717, 1.165) is 32.5 Å². The fraction of sp³-hybridized carbons (Fsp3) is 0.619. The highest BCUT2D eigenvalue weighted by Gasteiger charge is 2.27. The van der Waals surface area contributed by atoms with Crippen LogP contribution in [-0.4, -0.2) is 103 Å². The molecule has 12 heteroatoms. The SMILES string of the molecule is COc1cc(N)c(Cl)cc1C(=O)NC[C@H]1CN(CC2CCN(C(=O)CO)CC2)CCO1.O.O. The van der Waals surface area contributed by atoms with Crippen molar-refractivity contribution in [3.8, 4) is 5.75 Å². The number of hydrogen-bond acceptors (Lipinski definition) is 7. The van der Waals surface area contributed by atoms with E-state index in [1.807, 2.05) is 0 Å². The van der Waals surface area contributed by atoms with E-state index in [1.54, 1.807) is 4.90 Å². The second-order valence-corrected chi connectivity index (χ2v) is 8.43. The molecule has 3 rings (SSSR count). The van der Waals surface area contributed by atoms with Crippen molar-refractivity contribution in [2.45, 2.75) is 18.9 Å². The van der Waals surface area contributed by atoms with Gasteiger partial charge in [0.15, 0.2) is 0 Å². The lowest BCUT2D eigenvalue weighted by Crippen LogP contribution is -2.50. The van der Waals surface area contributed by atoms with Gasteiger partial charge in [0.05, 0.1) is 36.1 Å². The third-order valence-corrected chi connectivity index (χ3v) is 6.22. The van der Waals surface area contributed by atoms with Crippen molar-refractivity contribution in [1.82, 2.24) is 15.1 Å². The number of nitrogens with two attached hydrogens (primary N) is 1. The normalized spacial score (nSPS) is 19.2. The first kappa shape index (κ1) is 28.9. The zero-order valence-corrected chi connectivity index (χ0v) is 19.6. The number of anilines is 1. The zero-order valence-electron chi connectivity index (χ0n) is 18.8. The summed E-state index contributed by atoms with van der Waals surface area (Å²) in [5.74, 6) is 0.397. The molecule has 8 N–H and O–H groups in total. The Balaban J connectivity index is 0.00000272. The van der Waals surface area contributed by atoms with Gasteiger partial charge < -0.3 is 41.5 Å². The van der Waals surface area contributed by atoms with E-state index in [2.05, 4.69) is 10.2 Å². The minimum atomic E-state index is -0.421. The number of morpholine rings is 1. The molecule has 33 heavy (non-hydrogen) atoms. The number of piperidine rings is 1. The first-order valence-electron chi connectivity index (χ1n) is 10.5. The molecule has 188 valence electrons. The Morgan fingerprint density at radius 1 is 1.27 bits per heavy atom. The number of methoxy groups -OCH3 is 1. The predicted molar refractivity (Wildman–Crippen MR) is 125 cm³/mol. The van der Waals surface area contributed by atoms with Crippen LogP contribution in [0, 0.1) is 5.92 Å². The lowest BCUT2D eigenvalue weighted by atomic mass is 9.96. The standard InChI is InChI=1S/C21H31ClN4O5.2H2O/c1-30-19-9-18(23)17(22)8-16(19)21(29)24-10-15-12-25(6-7-31-15)11-14-2-4-26(5-3-14)20(28)13-27;;/h8-9,14-15,27H,2-7,10-13,23H2,1H3,(H,24,29);2*1H2/t15-;;/m0../s1. The summed E-state index contributed by atoms with van der Waals surface area (Å²) in [6, 6.07) is 3.04. The summed E-state index contributed by atoms with van der Waals surface area (Å²) in [6.45, 7) is 4.48. The molecule has 2 aliphatic heterocycles. The quantitative estimate of drug-likeness (QED) is 0.407. The number of likely N-dealkylation sites (tertiary alicyclic amines) is 1. The van der Waals surface area contributed by atoms with Crippen molar-refractivity contribution in [3.05, 3.63) is 22.7 Å². The summed E-state index contributed by atoms with van der Waals surface area (Å²) in [7, 11) is 1.48. The minimum absolute atomic E-state index is 0. The van der Waals surface area contributed by atoms with E-state index < -0.39 is 6.61 Å². The van der Waals surface area contributed by atoms with E-state index in [0.29, 0.717) is 54.2 Å². The van der Waals surface area contributed by atoms with Crippen molar-refractivity contribution >= 4 is 29.1 Å². The Bertz CT molecular complexity index is 790. The molecule has 0 spiro atoms. The average molecular weight is 491 g/mol. The van der Waals surface area contributed by atoms with Crippen LogP contribution in [-0.2, 0) is 9.53 Å². The van der Waals surface area contributed by atoms with Gasteiger partial charge in [-0.1, -0.05) is 11.6 Å². The van der Waals surface area contributed by atoms with E-state index in [9.17, 15) is 9.59 Å². The smallest absolute Gasteiger partial charge is 0.255 e. The van der Waals surface area contributed by atoms with Crippen LogP contribution in [0.5, 0.6) is 5.75 Å². The second-order valence-electron chi connectivity index (χ2n) is 8.02. The van der Waals surface area contributed by atoms with Crippen LogP contribution in [0.25, 0.3) is 0 Å². The number of nitrogens with one attached hydrogen (secondary N) is 1. The lowest BCUT2D eigenvalue weighted by Gasteiger charge is -2.38. The Kier molecular flexibility index (Phi) is 11.8. The minimum Gasteiger partial charge on any atom is -0.496 e. The summed E-state index contributed by atoms with van der Waals surface area (Å²) >= 11 is 6.06. The summed E-state index contributed by atoms with van der Waals surface area (Å²) < 4.78 is 11.1. The fourth-order valence-corrected chi connectivity index (χ4v) is 4.28. The number of aliphatic hydroxyl groups is 1. The molecule has 2 fully saturated rings. The molecule has 11 nitrogen and oxygen atoms in total. The highest BCUT2D eigenvalue weighted by molar-refractivity contribution is 6.33. The number of rotatable bonds is 7. The van der Waals surface area contributed by atoms with Gasteiger partial charge >= 0.3 is 0 Å².